The highest BCUT2D eigenvalue weighted by atomic mass is 16.2. The molecule has 0 aromatic heterocycles. The third kappa shape index (κ3) is 4.53. The fourth-order valence-corrected chi connectivity index (χ4v) is 3.36. The zero-order valence-electron chi connectivity index (χ0n) is 16.1. The van der Waals surface area contributed by atoms with Gasteiger partial charge in [0.1, 0.15) is 5.54 Å². The van der Waals surface area contributed by atoms with Crippen molar-refractivity contribution in [2.24, 2.45) is 0 Å². The molecule has 146 valence electrons. The van der Waals surface area contributed by atoms with Gasteiger partial charge in [0.05, 0.1) is 6.54 Å². The summed E-state index contributed by atoms with van der Waals surface area (Å²) in [5.74, 6) is -0.761. The van der Waals surface area contributed by atoms with E-state index in [4.69, 9.17) is 0 Å². The molecule has 1 aromatic carbocycles. The van der Waals surface area contributed by atoms with E-state index in [9.17, 15) is 19.2 Å². The van der Waals surface area contributed by atoms with Crippen molar-refractivity contribution in [1.82, 2.24) is 10.2 Å². The lowest BCUT2D eigenvalue weighted by atomic mass is 9.88. The van der Waals surface area contributed by atoms with Crippen LogP contribution in [0, 0.1) is 0 Å². The number of anilines is 1. The molecular formula is C20H27N3O4. The zero-order valence-corrected chi connectivity index (χ0v) is 16.1. The summed E-state index contributed by atoms with van der Waals surface area (Å²) >= 11 is 0. The maximum Gasteiger partial charge on any atom is 0.325 e. The third-order valence-electron chi connectivity index (χ3n) is 4.71. The number of carbonyl (C=O) groups excluding carboxylic acids is 4. The lowest BCUT2D eigenvalue weighted by Crippen LogP contribution is -2.47. The average molecular weight is 373 g/mol. The van der Waals surface area contributed by atoms with Crippen LogP contribution in [0.25, 0.3) is 0 Å². The van der Waals surface area contributed by atoms with Gasteiger partial charge in [0.2, 0.25) is 5.91 Å². The van der Waals surface area contributed by atoms with Crippen LogP contribution in [-0.2, 0) is 9.59 Å². The molecule has 7 heteroatoms. The number of ketones is 1. The van der Waals surface area contributed by atoms with Gasteiger partial charge in [-0.15, -0.1) is 0 Å². The van der Waals surface area contributed by atoms with Crippen LogP contribution in [0.3, 0.4) is 0 Å². The minimum Gasteiger partial charge on any atom is -0.326 e. The van der Waals surface area contributed by atoms with Gasteiger partial charge in [-0.2, -0.15) is 0 Å². The molecular weight excluding hydrogens is 346 g/mol. The lowest BCUT2D eigenvalue weighted by molar-refractivity contribution is -0.131. The standard InChI is InChI=1S/C20H27N3O4/c1-4-11-20(12-5-2)18(26)23(19(27)22-20)13-16(24)14-7-9-15(10-8-14)21-17(25)6-3/h7-10H,4-6,11-13H2,1-3H3,(H,21,25)(H,22,27). The molecule has 1 aliphatic heterocycles. The number of urea groups is 1. The molecule has 1 aromatic rings. The quantitative estimate of drug-likeness (QED) is 0.513. The van der Waals surface area contributed by atoms with E-state index in [-0.39, 0.29) is 24.1 Å². The van der Waals surface area contributed by atoms with E-state index in [1.54, 1.807) is 31.2 Å². The Morgan fingerprint density at radius 1 is 1.04 bits per heavy atom. The molecule has 2 rings (SSSR count). The number of nitrogens with one attached hydrogen (secondary N) is 2. The highest BCUT2D eigenvalue weighted by molar-refractivity contribution is 6.11. The summed E-state index contributed by atoms with van der Waals surface area (Å²) in [4.78, 5) is 50.1. The number of Topliss-reactive ketones (excluding diaryl/α,β-unsaturated/α-hetero) is 1. The number of hydrogen-bond acceptors (Lipinski definition) is 4. The molecule has 2 N–H and O–H groups in total. The zero-order chi connectivity index (χ0) is 20.0. The van der Waals surface area contributed by atoms with E-state index in [0.29, 0.717) is 30.5 Å². The Hall–Kier alpha value is -2.70. The van der Waals surface area contributed by atoms with Crippen LogP contribution >= 0.6 is 0 Å². The maximum absolute atomic E-state index is 12.8. The Labute approximate surface area is 159 Å². The van der Waals surface area contributed by atoms with Crippen LogP contribution < -0.4 is 10.6 Å². The van der Waals surface area contributed by atoms with Crippen molar-refractivity contribution in [1.29, 1.82) is 0 Å². The van der Waals surface area contributed by atoms with E-state index in [0.717, 1.165) is 17.7 Å². The fraction of sp³-hybridized carbons (Fsp3) is 0.500. The molecule has 0 bridgehead atoms. The number of amides is 4. The van der Waals surface area contributed by atoms with Crippen molar-refractivity contribution in [2.45, 2.75) is 58.4 Å². The number of carbonyl (C=O) groups is 4. The maximum atomic E-state index is 12.8. The second-order valence-electron chi connectivity index (χ2n) is 6.81. The van der Waals surface area contributed by atoms with Gasteiger partial charge in [-0.1, -0.05) is 33.6 Å². The van der Waals surface area contributed by atoms with Crippen LogP contribution in [0.5, 0.6) is 0 Å². The molecule has 0 saturated carbocycles. The summed E-state index contributed by atoms with van der Waals surface area (Å²) in [5.41, 5.74) is 0.0849. The Kier molecular flexibility index (Phi) is 6.71. The van der Waals surface area contributed by atoms with Gasteiger partial charge in [0.25, 0.3) is 5.91 Å². The molecule has 0 atom stereocenters. The van der Waals surface area contributed by atoms with Gasteiger partial charge in [-0.25, -0.2) is 4.79 Å². The second kappa shape index (κ2) is 8.79. The van der Waals surface area contributed by atoms with Crippen LogP contribution in [0.1, 0.15) is 63.2 Å². The molecule has 0 aliphatic carbocycles. The van der Waals surface area contributed by atoms with Crippen LogP contribution in [0.2, 0.25) is 0 Å². The summed E-state index contributed by atoms with van der Waals surface area (Å²) in [7, 11) is 0. The molecule has 7 nitrogen and oxygen atoms in total. The Morgan fingerprint density at radius 3 is 2.15 bits per heavy atom. The number of benzene rings is 1. The van der Waals surface area contributed by atoms with E-state index >= 15 is 0 Å². The lowest BCUT2D eigenvalue weighted by Gasteiger charge is -2.25. The highest BCUT2D eigenvalue weighted by Gasteiger charge is 2.50. The monoisotopic (exact) mass is 373 g/mol. The molecule has 4 amide bonds. The summed E-state index contributed by atoms with van der Waals surface area (Å²) in [5, 5.41) is 5.51. The molecule has 0 radical (unpaired) electrons. The number of rotatable bonds is 9. The predicted molar refractivity (Wildman–Crippen MR) is 102 cm³/mol. The Morgan fingerprint density at radius 2 is 1.63 bits per heavy atom. The number of nitrogens with zero attached hydrogens (tertiary/aromatic N) is 1. The Bertz CT molecular complexity index is 721. The molecule has 1 aliphatic rings. The minimum absolute atomic E-state index is 0.114. The van der Waals surface area contributed by atoms with Gasteiger partial charge in [0.15, 0.2) is 5.78 Å². The minimum atomic E-state index is -0.894. The molecule has 0 spiro atoms. The number of hydrogen-bond donors (Lipinski definition) is 2. The summed E-state index contributed by atoms with van der Waals surface area (Å²) < 4.78 is 0. The number of imide groups is 1. The van der Waals surface area contributed by atoms with Crippen molar-refractivity contribution in [3.8, 4) is 0 Å². The van der Waals surface area contributed by atoms with Crippen molar-refractivity contribution in [2.75, 3.05) is 11.9 Å². The SMILES string of the molecule is CCCC1(CCC)NC(=O)N(CC(=O)c2ccc(NC(=O)CC)cc2)C1=O. The first-order chi connectivity index (χ1) is 12.9. The molecule has 0 unspecified atom stereocenters. The summed E-state index contributed by atoms with van der Waals surface area (Å²) in [6.45, 7) is 5.38. The van der Waals surface area contributed by atoms with E-state index in [1.807, 2.05) is 13.8 Å². The first-order valence-electron chi connectivity index (χ1n) is 9.44. The molecule has 1 fully saturated rings. The molecule has 27 heavy (non-hydrogen) atoms. The smallest absolute Gasteiger partial charge is 0.325 e. The topological polar surface area (TPSA) is 95.6 Å². The van der Waals surface area contributed by atoms with Crippen LogP contribution in [-0.4, -0.2) is 40.6 Å². The average Bonchev–Trinajstić information content (AvgIpc) is 2.87. The van der Waals surface area contributed by atoms with Crippen molar-refractivity contribution < 1.29 is 19.2 Å². The third-order valence-corrected chi connectivity index (χ3v) is 4.71. The van der Waals surface area contributed by atoms with Gasteiger partial charge in [-0.05, 0) is 37.1 Å². The summed E-state index contributed by atoms with van der Waals surface area (Å²) in [6, 6.07) is 5.91. The van der Waals surface area contributed by atoms with E-state index in [2.05, 4.69) is 10.6 Å². The second-order valence-corrected chi connectivity index (χ2v) is 6.81. The fourth-order valence-electron chi connectivity index (χ4n) is 3.36. The predicted octanol–water partition coefficient (Wildman–Crippen LogP) is 3.11. The summed E-state index contributed by atoms with van der Waals surface area (Å²) in [6.07, 6.45) is 3.01. The largest absolute Gasteiger partial charge is 0.326 e. The van der Waals surface area contributed by atoms with Crippen LogP contribution in [0.15, 0.2) is 24.3 Å². The van der Waals surface area contributed by atoms with E-state index < -0.39 is 11.6 Å². The van der Waals surface area contributed by atoms with Gasteiger partial charge in [0, 0.05) is 17.7 Å². The van der Waals surface area contributed by atoms with Gasteiger partial charge in [-0.3, -0.25) is 19.3 Å². The Balaban J connectivity index is 2.09. The van der Waals surface area contributed by atoms with Crippen molar-refractivity contribution in [3.05, 3.63) is 29.8 Å². The highest BCUT2D eigenvalue weighted by Crippen LogP contribution is 2.28. The molecule has 1 saturated heterocycles. The van der Waals surface area contributed by atoms with Crippen molar-refractivity contribution >= 4 is 29.3 Å². The molecule has 1 heterocycles. The first kappa shape index (κ1) is 20.6. The van der Waals surface area contributed by atoms with E-state index in [1.165, 1.54) is 0 Å². The first-order valence-corrected chi connectivity index (χ1v) is 9.44. The van der Waals surface area contributed by atoms with Gasteiger partial charge < -0.3 is 10.6 Å². The normalized spacial score (nSPS) is 15.6. The van der Waals surface area contributed by atoms with Crippen molar-refractivity contribution in [3.63, 3.8) is 0 Å². The van der Waals surface area contributed by atoms with Gasteiger partial charge >= 0.3 is 6.03 Å². The van der Waals surface area contributed by atoms with Crippen LogP contribution in [0.4, 0.5) is 10.5 Å².